The first-order valence-electron chi connectivity index (χ1n) is 10.3. The van der Waals surface area contributed by atoms with Gasteiger partial charge in [-0.2, -0.15) is 26.3 Å². The third kappa shape index (κ3) is 8.92. The molecular formula is C20H37F6P. The number of hydrogen-bond acceptors (Lipinski definition) is 0. The predicted molar refractivity (Wildman–Crippen MR) is 104 cm³/mol. The minimum atomic E-state index is -5.29. The van der Waals surface area contributed by atoms with Crippen LogP contribution in [0.15, 0.2) is 0 Å². The molecule has 7 heteroatoms. The van der Waals surface area contributed by atoms with Gasteiger partial charge in [-0.05, 0) is 33.0 Å². The van der Waals surface area contributed by atoms with Crippen LogP contribution in [0, 0.1) is 11.8 Å². The van der Waals surface area contributed by atoms with E-state index in [4.69, 9.17) is 0 Å². The van der Waals surface area contributed by atoms with E-state index in [1.54, 1.807) is 6.92 Å². The number of halogens is 6. The average molecular weight is 422 g/mol. The van der Waals surface area contributed by atoms with Crippen LogP contribution in [0.25, 0.3) is 0 Å². The third-order valence-corrected chi connectivity index (χ3v) is 6.87. The molecule has 0 amide bonds. The van der Waals surface area contributed by atoms with E-state index < -0.39 is 32.5 Å². The van der Waals surface area contributed by atoms with Crippen molar-refractivity contribution in [1.29, 1.82) is 0 Å². The lowest BCUT2D eigenvalue weighted by molar-refractivity contribution is -0.280. The zero-order chi connectivity index (χ0) is 21.1. The van der Waals surface area contributed by atoms with Gasteiger partial charge in [0.05, 0.1) is 0 Å². The van der Waals surface area contributed by atoms with Crippen molar-refractivity contribution < 1.29 is 26.3 Å². The molecule has 0 fully saturated rings. The van der Waals surface area contributed by atoms with E-state index in [1.165, 1.54) is 0 Å². The lowest BCUT2D eigenvalue weighted by Crippen LogP contribution is -2.52. The van der Waals surface area contributed by atoms with E-state index in [2.05, 4.69) is 13.8 Å². The normalized spacial score (nSPS) is 16.2. The molecule has 0 heterocycles. The minimum absolute atomic E-state index is 0.142. The zero-order valence-electron chi connectivity index (χ0n) is 17.2. The highest BCUT2D eigenvalue weighted by Gasteiger charge is 2.70. The van der Waals surface area contributed by atoms with Gasteiger partial charge < -0.3 is 0 Å². The molecule has 0 saturated carbocycles. The Labute approximate surface area is 163 Å². The van der Waals surface area contributed by atoms with Gasteiger partial charge in [0.15, 0.2) is 0 Å². The topological polar surface area (TPSA) is 0 Å². The van der Waals surface area contributed by atoms with E-state index in [-0.39, 0.29) is 18.5 Å². The van der Waals surface area contributed by atoms with Crippen molar-refractivity contribution in [2.75, 3.05) is 6.16 Å². The van der Waals surface area contributed by atoms with Gasteiger partial charge in [0.25, 0.3) is 0 Å². The summed E-state index contributed by atoms with van der Waals surface area (Å²) < 4.78 is 83.4. The van der Waals surface area contributed by atoms with Crippen molar-refractivity contribution in [3.05, 3.63) is 0 Å². The maximum Gasteiger partial charge on any atom is 0.375 e. The molecule has 0 aliphatic carbocycles. The predicted octanol–water partition coefficient (Wildman–Crippen LogP) is 8.74. The van der Waals surface area contributed by atoms with Crippen molar-refractivity contribution in [3.63, 3.8) is 0 Å². The van der Waals surface area contributed by atoms with Crippen LogP contribution in [0.4, 0.5) is 26.3 Å². The van der Waals surface area contributed by atoms with Gasteiger partial charge in [0.1, 0.15) is 0 Å². The molecule has 0 aromatic carbocycles. The van der Waals surface area contributed by atoms with Gasteiger partial charge in [0, 0.05) is 6.42 Å². The van der Waals surface area contributed by atoms with E-state index in [0.29, 0.717) is 25.2 Å². The Morgan fingerprint density at radius 2 is 1.41 bits per heavy atom. The van der Waals surface area contributed by atoms with Crippen LogP contribution in [0.5, 0.6) is 0 Å². The van der Waals surface area contributed by atoms with Gasteiger partial charge >= 0.3 is 17.5 Å². The van der Waals surface area contributed by atoms with Gasteiger partial charge in [-0.3, -0.25) is 0 Å². The summed E-state index contributed by atoms with van der Waals surface area (Å²) in [6.07, 6.45) is 4.89. The average Bonchev–Trinajstić information content (AvgIpc) is 2.60. The van der Waals surface area contributed by atoms with Gasteiger partial charge in [-0.25, -0.2) is 0 Å². The monoisotopic (exact) mass is 422 g/mol. The molecule has 0 spiro atoms. The Balaban J connectivity index is 4.63. The largest absolute Gasteiger partial charge is 0.375 e. The molecule has 0 N–H and O–H groups in total. The molecule has 0 aromatic rings. The van der Waals surface area contributed by atoms with Crippen molar-refractivity contribution in [3.8, 4) is 0 Å². The highest BCUT2D eigenvalue weighted by molar-refractivity contribution is 7.39. The molecule has 0 aliphatic heterocycles. The first-order valence-corrected chi connectivity index (χ1v) is 11.5. The molecule has 0 aromatic heterocycles. The molecule has 3 unspecified atom stereocenters. The maximum absolute atomic E-state index is 14.0. The molecule has 0 bridgehead atoms. The summed E-state index contributed by atoms with van der Waals surface area (Å²) in [7, 11) is -1.49. The van der Waals surface area contributed by atoms with Crippen molar-refractivity contribution in [1.82, 2.24) is 0 Å². The second kappa shape index (κ2) is 12.5. The van der Waals surface area contributed by atoms with E-state index in [9.17, 15) is 26.3 Å². The summed E-state index contributed by atoms with van der Waals surface area (Å²) in [6, 6.07) is 0. The lowest BCUT2D eigenvalue weighted by atomic mass is 9.92. The summed E-state index contributed by atoms with van der Waals surface area (Å²) in [5.41, 5.74) is -4.66. The van der Waals surface area contributed by atoms with Gasteiger partial charge in [-0.1, -0.05) is 79.1 Å². The fraction of sp³-hybridized carbons (Fsp3) is 1.00. The van der Waals surface area contributed by atoms with Crippen molar-refractivity contribution >= 4 is 8.58 Å². The van der Waals surface area contributed by atoms with Gasteiger partial charge in [0.2, 0.25) is 0 Å². The molecule has 164 valence electrons. The first-order chi connectivity index (χ1) is 12.4. The third-order valence-electron chi connectivity index (χ3n) is 5.21. The fourth-order valence-corrected chi connectivity index (χ4v) is 4.37. The van der Waals surface area contributed by atoms with Crippen molar-refractivity contribution in [2.24, 2.45) is 11.8 Å². The number of hydrogen-bond donors (Lipinski definition) is 0. The van der Waals surface area contributed by atoms with Gasteiger partial charge in [-0.15, -0.1) is 0 Å². The summed E-state index contributed by atoms with van der Waals surface area (Å²) in [6.45, 7) is 7.75. The Bertz CT molecular complexity index is 387. The zero-order valence-corrected chi connectivity index (χ0v) is 18.2. The highest BCUT2D eigenvalue weighted by Crippen LogP contribution is 2.55. The smallest absolute Gasteiger partial charge is 0.200 e. The van der Waals surface area contributed by atoms with Crippen LogP contribution in [-0.2, 0) is 0 Å². The summed E-state index contributed by atoms with van der Waals surface area (Å²) in [5, 5.41) is 0. The van der Waals surface area contributed by atoms with Crippen LogP contribution in [0.1, 0.15) is 91.9 Å². The summed E-state index contributed by atoms with van der Waals surface area (Å²) in [4.78, 5) is 0. The SMILES string of the molecule is CCCCCCC(F)(F)C(F)(F)C(F)(F)PCC(C)CCC(CC)CCC. The molecule has 27 heavy (non-hydrogen) atoms. The Hall–Kier alpha value is 0.01000. The molecule has 3 atom stereocenters. The highest BCUT2D eigenvalue weighted by atomic mass is 31.1. The number of unbranched alkanes of at least 4 members (excludes halogenated alkanes) is 3. The summed E-state index contributed by atoms with van der Waals surface area (Å²) in [5.74, 6) is -9.63. The Kier molecular flexibility index (Phi) is 12.6. The van der Waals surface area contributed by atoms with Crippen LogP contribution in [0.3, 0.4) is 0 Å². The van der Waals surface area contributed by atoms with E-state index >= 15 is 0 Å². The number of alkyl halides is 6. The molecule has 0 aliphatic rings. The fourth-order valence-electron chi connectivity index (χ4n) is 3.16. The summed E-state index contributed by atoms with van der Waals surface area (Å²) >= 11 is 0. The standard InChI is InChI=1S/C20H37F6P/c1-5-8-9-10-14-18(21,22)19(23,24)20(25,26)27-15-16(4)12-13-17(7-3)11-6-2/h16-17,27H,5-15H2,1-4H3. The van der Waals surface area contributed by atoms with Crippen LogP contribution in [-0.4, -0.2) is 23.7 Å². The minimum Gasteiger partial charge on any atom is -0.200 e. The molecule has 0 nitrogen and oxygen atoms in total. The maximum atomic E-state index is 14.0. The Morgan fingerprint density at radius 1 is 0.778 bits per heavy atom. The molecular weight excluding hydrogens is 385 g/mol. The van der Waals surface area contributed by atoms with Crippen LogP contribution in [0.2, 0.25) is 0 Å². The molecule has 0 rings (SSSR count). The van der Waals surface area contributed by atoms with E-state index in [0.717, 1.165) is 32.1 Å². The Morgan fingerprint density at radius 3 is 1.93 bits per heavy atom. The van der Waals surface area contributed by atoms with E-state index in [1.807, 2.05) is 6.92 Å². The lowest BCUT2D eigenvalue weighted by Gasteiger charge is -2.33. The number of rotatable bonds is 16. The first kappa shape index (κ1) is 27.0. The van der Waals surface area contributed by atoms with Crippen molar-refractivity contribution in [2.45, 2.75) is 109 Å². The second-order valence-corrected chi connectivity index (χ2v) is 9.18. The molecule has 0 radical (unpaired) electrons. The van der Waals surface area contributed by atoms with Crippen LogP contribution >= 0.6 is 8.58 Å². The second-order valence-electron chi connectivity index (χ2n) is 7.79. The molecule has 0 saturated heterocycles. The van der Waals surface area contributed by atoms with Crippen LogP contribution < -0.4 is 0 Å². The quantitative estimate of drug-likeness (QED) is 0.132.